The number of hydrogen-bond acceptors (Lipinski definition) is 6. The number of amides is 1. The molecule has 1 rings (SSSR count). The minimum Gasteiger partial charge on any atom is -0.394 e. The Morgan fingerprint density at radius 1 is 1.33 bits per heavy atom. The third-order valence-electron chi connectivity index (χ3n) is 3.54. The smallest absolute Gasteiger partial charge is 0.217 e. The zero-order valence-electron chi connectivity index (χ0n) is 13.1. The van der Waals surface area contributed by atoms with E-state index in [0.717, 1.165) is 12.8 Å². The molecule has 7 nitrogen and oxygen atoms in total. The molecule has 0 radical (unpaired) electrons. The predicted molar refractivity (Wildman–Crippen MR) is 75.4 cm³/mol. The number of hydrogen-bond donors (Lipinski definition) is 4. The highest BCUT2D eigenvalue weighted by Gasteiger charge is 2.46. The lowest BCUT2D eigenvalue weighted by Gasteiger charge is -2.44. The SMILES string of the molecule is CCCC(C)(C)OC1OC(CO)C(O)C(O)C1NC(C)=O. The Kier molecular flexibility index (Phi) is 6.55. The first-order valence-electron chi connectivity index (χ1n) is 7.29. The van der Waals surface area contributed by atoms with Crippen LogP contribution in [0.2, 0.25) is 0 Å². The van der Waals surface area contributed by atoms with E-state index >= 15 is 0 Å². The van der Waals surface area contributed by atoms with Crippen molar-refractivity contribution < 1.29 is 29.6 Å². The van der Waals surface area contributed by atoms with Crippen LogP contribution in [0.4, 0.5) is 0 Å². The highest BCUT2D eigenvalue weighted by molar-refractivity contribution is 5.73. The van der Waals surface area contributed by atoms with Crippen LogP contribution in [0.5, 0.6) is 0 Å². The van der Waals surface area contributed by atoms with Crippen LogP contribution in [-0.2, 0) is 14.3 Å². The third kappa shape index (κ3) is 4.89. The zero-order valence-corrected chi connectivity index (χ0v) is 13.1. The van der Waals surface area contributed by atoms with E-state index in [0.29, 0.717) is 0 Å². The monoisotopic (exact) mass is 305 g/mol. The van der Waals surface area contributed by atoms with Gasteiger partial charge in [-0.1, -0.05) is 13.3 Å². The Morgan fingerprint density at radius 2 is 1.95 bits per heavy atom. The van der Waals surface area contributed by atoms with Crippen LogP contribution < -0.4 is 5.32 Å². The molecular formula is C14H27NO6. The summed E-state index contributed by atoms with van der Waals surface area (Å²) in [5.74, 6) is -0.362. The topological polar surface area (TPSA) is 108 Å². The van der Waals surface area contributed by atoms with E-state index in [-0.39, 0.29) is 5.91 Å². The maximum absolute atomic E-state index is 11.3. The largest absolute Gasteiger partial charge is 0.394 e. The van der Waals surface area contributed by atoms with Crippen molar-refractivity contribution >= 4 is 5.91 Å². The van der Waals surface area contributed by atoms with Crippen LogP contribution in [-0.4, -0.2) is 64.1 Å². The second-order valence-corrected chi connectivity index (χ2v) is 6.06. The molecule has 1 fully saturated rings. The van der Waals surface area contributed by atoms with E-state index in [1.807, 2.05) is 20.8 Å². The van der Waals surface area contributed by atoms with E-state index in [4.69, 9.17) is 9.47 Å². The van der Waals surface area contributed by atoms with Gasteiger partial charge in [0.15, 0.2) is 6.29 Å². The summed E-state index contributed by atoms with van der Waals surface area (Å²) >= 11 is 0. The Morgan fingerprint density at radius 3 is 2.43 bits per heavy atom. The lowest BCUT2D eigenvalue weighted by Crippen LogP contribution is -2.65. The van der Waals surface area contributed by atoms with Crippen LogP contribution in [0.25, 0.3) is 0 Å². The molecule has 1 saturated heterocycles. The van der Waals surface area contributed by atoms with Crippen LogP contribution in [0.1, 0.15) is 40.5 Å². The Bertz CT molecular complexity index is 348. The molecular weight excluding hydrogens is 278 g/mol. The average Bonchev–Trinajstić information content (AvgIpc) is 2.37. The van der Waals surface area contributed by atoms with E-state index < -0.39 is 42.9 Å². The van der Waals surface area contributed by atoms with Crippen molar-refractivity contribution in [1.82, 2.24) is 5.32 Å². The lowest BCUT2D eigenvalue weighted by molar-refractivity contribution is -0.296. The molecule has 0 bridgehead atoms. The molecule has 1 heterocycles. The summed E-state index contributed by atoms with van der Waals surface area (Å²) < 4.78 is 11.4. The van der Waals surface area contributed by atoms with Crippen molar-refractivity contribution in [2.45, 2.75) is 76.8 Å². The molecule has 0 aliphatic carbocycles. The fourth-order valence-corrected chi connectivity index (χ4v) is 2.55. The summed E-state index contributed by atoms with van der Waals surface area (Å²) in [5, 5.41) is 31.8. The van der Waals surface area contributed by atoms with Crippen LogP contribution in [0, 0.1) is 0 Å². The Balaban J connectivity index is 2.90. The molecule has 0 aromatic carbocycles. The van der Waals surface area contributed by atoms with Crippen molar-refractivity contribution in [1.29, 1.82) is 0 Å². The molecule has 0 aromatic heterocycles. The molecule has 1 aliphatic rings. The van der Waals surface area contributed by atoms with Crippen molar-refractivity contribution in [2.24, 2.45) is 0 Å². The molecule has 7 heteroatoms. The highest BCUT2D eigenvalue weighted by Crippen LogP contribution is 2.27. The molecule has 1 aliphatic heterocycles. The number of ether oxygens (including phenoxy) is 2. The van der Waals surface area contributed by atoms with Gasteiger partial charge < -0.3 is 30.1 Å². The number of aliphatic hydroxyl groups excluding tert-OH is 3. The first-order chi connectivity index (χ1) is 9.71. The molecule has 4 N–H and O–H groups in total. The van der Waals surface area contributed by atoms with Gasteiger partial charge in [-0.2, -0.15) is 0 Å². The van der Waals surface area contributed by atoms with Gasteiger partial charge in [-0.25, -0.2) is 0 Å². The fourth-order valence-electron chi connectivity index (χ4n) is 2.55. The van der Waals surface area contributed by atoms with E-state index in [1.165, 1.54) is 6.92 Å². The van der Waals surface area contributed by atoms with E-state index in [9.17, 15) is 20.1 Å². The molecule has 124 valence electrons. The average molecular weight is 305 g/mol. The van der Waals surface area contributed by atoms with Crippen molar-refractivity contribution in [2.75, 3.05) is 6.61 Å². The maximum Gasteiger partial charge on any atom is 0.217 e. The lowest BCUT2D eigenvalue weighted by atomic mass is 9.96. The molecule has 1 amide bonds. The van der Waals surface area contributed by atoms with Crippen molar-refractivity contribution in [3.63, 3.8) is 0 Å². The highest BCUT2D eigenvalue weighted by atomic mass is 16.7. The number of nitrogens with one attached hydrogen (secondary N) is 1. The van der Waals surface area contributed by atoms with Gasteiger partial charge >= 0.3 is 0 Å². The standard InChI is InChI=1S/C14H27NO6/c1-5-6-14(3,4)21-13-10(15-8(2)17)12(19)11(18)9(7-16)20-13/h9-13,16,18-19H,5-7H2,1-4H3,(H,15,17). The zero-order chi connectivity index (χ0) is 16.2. The molecule has 0 spiro atoms. The van der Waals surface area contributed by atoms with Crippen molar-refractivity contribution in [3.8, 4) is 0 Å². The van der Waals surface area contributed by atoms with Crippen LogP contribution in [0.15, 0.2) is 0 Å². The minimum absolute atomic E-state index is 0.362. The summed E-state index contributed by atoms with van der Waals surface area (Å²) in [5.41, 5.74) is -0.516. The Labute approximate surface area is 125 Å². The summed E-state index contributed by atoms with van der Waals surface area (Å²) in [7, 11) is 0. The van der Waals surface area contributed by atoms with Gasteiger partial charge in [0.2, 0.25) is 5.91 Å². The second-order valence-electron chi connectivity index (χ2n) is 6.06. The molecule has 0 saturated carbocycles. The fraction of sp³-hybridized carbons (Fsp3) is 0.929. The third-order valence-corrected chi connectivity index (χ3v) is 3.54. The van der Waals surface area contributed by atoms with Crippen LogP contribution >= 0.6 is 0 Å². The first kappa shape index (κ1) is 18.3. The Hall–Kier alpha value is -0.730. The number of carbonyl (C=O) groups is 1. The van der Waals surface area contributed by atoms with Gasteiger partial charge in [-0.05, 0) is 20.3 Å². The maximum atomic E-state index is 11.3. The summed E-state index contributed by atoms with van der Waals surface area (Å²) in [4.78, 5) is 11.3. The van der Waals surface area contributed by atoms with E-state index in [2.05, 4.69) is 5.32 Å². The van der Waals surface area contributed by atoms with Crippen LogP contribution in [0.3, 0.4) is 0 Å². The molecule has 5 atom stereocenters. The van der Waals surface area contributed by atoms with Gasteiger partial charge in [0.25, 0.3) is 0 Å². The molecule has 21 heavy (non-hydrogen) atoms. The van der Waals surface area contributed by atoms with Gasteiger partial charge in [-0.3, -0.25) is 4.79 Å². The van der Waals surface area contributed by atoms with Gasteiger partial charge in [0, 0.05) is 6.92 Å². The predicted octanol–water partition coefficient (Wildman–Crippen LogP) is -0.475. The second kappa shape index (κ2) is 7.51. The summed E-state index contributed by atoms with van der Waals surface area (Å²) in [6.45, 7) is 6.66. The number of aliphatic hydroxyl groups is 3. The molecule has 0 aromatic rings. The van der Waals surface area contributed by atoms with Gasteiger partial charge in [0.1, 0.15) is 24.4 Å². The minimum atomic E-state index is -1.29. The summed E-state index contributed by atoms with van der Waals surface area (Å²) in [6.07, 6.45) is -2.79. The number of carbonyl (C=O) groups excluding carboxylic acids is 1. The van der Waals surface area contributed by atoms with Gasteiger partial charge in [-0.15, -0.1) is 0 Å². The van der Waals surface area contributed by atoms with E-state index in [1.54, 1.807) is 0 Å². The van der Waals surface area contributed by atoms with Gasteiger partial charge in [0.05, 0.1) is 12.2 Å². The summed E-state index contributed by atoms with van der Waals surface area (Å²) in [6, 6.07) is -0.892. The van der Waals surface area contributed by atoms with Crippen molar-refractivity contribution in [3.05, 3.63) is 0 Å². The quantitative estimate of drug-likeness (QED) is 0.528. The molecule has 5 unspecified atom stereocenters. The first-order valence-corrected chi connectivity index (χ1v) is 7.29. The number of rotatable bonds is 6. The normalized spacial score (nSPS) is 33.8.